The molecular formula is C19H21N5O. The summed E-state index contributed by atoms with van der Waals surface area (Å²) >= 11 is 0. The highest BCUT2D eigenvalue weighted by Crippen LogP contribution is 2.22. The Morgan fingerprint density at radius 3 is 2.72 bits per heavy atom. The molecular weight excluding hydrogens is 314 g/mol. The first-order valence-electron chi connectivity index (χ1n) is 8.61. The smallest absolute Gasteiger partial charge is 0.259 e. The third kappa shape index (κ3) is 3.69. The Morgan fingerprint density at radius 1 is 1.12 bits per heavy atom. The van der Waals surface area contributed by atoms with E-state index in [0.29, 0.717) is 11.7 Å². The number of pyridine rings is 1. The van der Waals surface area contributed by atoms with E-state index in [1.54, 1.807) is 6.20 Å². The number of hydrogen-bond acceptors (Lipinski definition) is 6. The van der Waals surface area contributed by atoms with Gasteiger partial charge in [-0.3, -0.25) is 0 Å². The van der Waals surface area contributed by atoms with Gasteiger partial charge in [-0.1, -0.05) is 35.5 Å². The highest BCUT2D eigenvalue weighted by molar-refractivity contribution is 5.55. The number of nitrogens with two attached hydrogens (primary N) is 1. The topological polar surface area (TPSA) is 81.1 Å². The van der Waals surface area contributed by atoms with Crippen LogP contribution in [-0.2, 0) is 12.8 Å². The molecule has 1 saturated heterocycles. The molecule has 1 aliphatic rings. The third-order valence-electron chi connectivity index (χ3n) is 4.49. The largest absolute Gasteiger partial charge is 0.355 e. The van der Waals surface area contributed by atoms with Crippen molar-refractivity contribution in [3.05, 3.63) is 60.0 Å². The van der Waals surface area contributed by atoms with E-state index < -0.39 is 0 Å². The molecule has 25 heavy (non-hydrogen) atoms. The minimum Gasteiger partial charge on any atom is -0.355 e. The molecule has 0 bridgehead atoms. The Balaban J connectivity index is 1.41. The Kier molecular flexibility index (Phi) is 4.43. The normalized spacial score (nSPS) is 17.2. The van der Waals surface area contributed by atoms with Gasteiger partial charge in [0.1, 0.15) is 5.82 Å². The van der Waals surface area contributed by atoms with Crippen LogP contribution in [0.15, 0.2) is 53.2 Å². The number of aromatic nitrogens is 3. The van der Waals surface area contributed by atoms with E-state index in [1.807, 2.05) is 30.3 Å². The molecule has 6 nitrogen and oxygen atoms in total. The SMILES string of the molecule is N[C@@H]1CCN(c2ccc(-c3nc(CCc4ccccc4)no3)cn2)C1. The predicted molar refractivity (Wildman–Crippen MR) is 96.2 cm³/mol. The maximum atomic E-state index is 5.95. The van der Waals surface area contributed by atoms with Gasteiger partial charge in [-0.25, -0.2) is 4.98 Å². The average Bonchev–Trinajstić information content (AvgIpc) is 3.30. The fraction of sp³-hybridized carbons (Fsp3) is 0.316. The lowest BCUT2D eigenvalue weighted by Gasteiger charge is -2.16. The number of rotatable bonds is 5. The quantitative estimate of drug-likeness (QED) is 0.771. The maximum Gasteiger partial charge on any atom is 0.259 e. The van der Waals surface area contributed by atoms with Crippen LogP contribution in [0.3, 0.4) is 0 Å². The summed E-state index contributed by atoms with van der Waals surface area (Å²) in [5, 5.41) is 4.08. The lowest BCUT2D eigenvalue weighted by molar-refractivity contribution is 0.422. The van der Waals surface area contributed by atoms with E-state index in [9.17, 15) is 0 Å². The molecule has 0 radical (unpaired) electrons. The van der Waals surface area contributed by atoms with Gasteiger partial charge in [-0.2, -0.15) is 4.98 Å². The summed E-state index contributed by atoms with van der Waals surface area (Å²) in [5.41, 5.74) is 8.06. The fourth-order valence-corrected chi connectivity index (χ4v) is 3.07. The van der Waals surface area contributed by atoms with Crippen molar-refractivity contribution in [2.75, 3.05) is 18.0 Å². The lowest BCUT2D eigenvalue weighted by atomic mass is 10.1. The van der Waals surface area contributed by atoms with Crippen LogP contribution < -0.4 is 10.6 Å². The molecule has 1 fully saturated rings. The molecule has 1 atom stereocenters. The summed E-state index contributed by atoms with van der Waals surface area (Å²) in [5.74, 6) is 2.18. The van der Waals surface area contributed by atoms with E-state index in [4.69, 9.17) is 10.3 Å². The zero-order valence-corrected chi connectivity index (χ0v) is 14.0. The van der Waals surface area contributed by atoms with Crippen LogP contribution in [0, 0.1) is 0 Å². The van der Waals surface area contributed by atoms with Crippen LogP contribution in [0.1, 0.15) is 17.8 Å². The molecule has 0 saturated carbocycles. The van der Waals surface area contributed by atoms with Crippen LogP contribution in [-0.4, -0.2) is 34.3 Å². The van der Waals surface area contributed by atoms with Gasteiger partial charge in [0.15, 0.2) is 5.82 Å². The molecule has 2 aromatic heterocycles. The second kappa shape index (κ2) is 7.03. The van der Waals surface area contributed by atoms with Crippen molar-refractivity contribution in [1.29, 1.82) is 0 Å². The van der Waals surface area contributed by atoms with Crippen LogP contribution in [0.5, 0.6) is 0 Å². The van der Waals surface area contributed by atoms with Gasteiger partial charge in [-0.15, -0.1) is 0 Å². The van der Waals surface area contributed by atoms with Crippen molar-refractivity contribution >= 4 is 5.82 Å². The van der Waals surface area contributed by atoms with Gasteiger partial charge in [0.05, 0.1) is 5.56 Å². The second-order valence-corrected chi connectivity index (χ2v) is 6.40. The van der Waals surface area contributed by atoms with Gasteiger partial charge in [0, 0.05) is 31.7 Å². The first-order valence-corrected chi connectivity index (χ1v) is 8.61. The zero-order chi connectivity index (χ0) is 17.1. The van der Waals surface area contributed by atoms with Gasteiger partial charge in [0.25, 0.3) is 5.89 Å². The van der Waals surface area contributed by atoms with E-state index in [2.05, 4.69) is 32.2 Å². The molecule has 128 valence electrons. The van der Waals surface area contributed by atoms with Gasteiger partial charge >= 0.3 is 0 Å². The lowest BCUT2D eigenvalue weighted by Crippen LogP contribution is -2.26. The molecule has 1 aliphatic heterocycles. The first kappa shape index (κ1) is 15.8. The monoisotopic (exact) mass is 335 g/mol. The molecule has 0 amide bonds. The molecule has 4 rings (SSSR count). The fourth-order valence-electron chi connectivity index (χ4n) is 3.07. The van der Waals surface area contributed by atoms with Crippen molar-refractivity contribution in [1.82, 2.24) is 15.1 Å². The summed E-state index contributed by atoms with van der Waals surface area (Å²) in [7, 11) is 0. The first-order chi connectivity index (χ1) is 12.3. The van der Waals surface area contributed by atoms with E-state index in [1.165, 1.54) is 5.56 Å². The summed E-state index contributed by atoms with van der Waals surface area (Å²) in [6.07, 6.45) is 4.45. The van der Waals surface area contributed by atoms with Crippen molar-refractivity contribution < 1.29 is 4.52 Å². The van der Waals surface area contributed by atoms with Crippen molar-refractivity contribution in [2.24, 2.45) is 5.73 Å². The van der Waals surface area contributed by atoms with Gasteiger partial charge in [0.2, 0.25) is 0 Å². The Labute approximate surface area is 146 Å². The Hall–Kier alpha value is -2.73. The Bertz CT molecular complexity index is 815. The molecule has 6 heteroatoms. The van der Waals surface area contributed by atoms with Crippen molar-refractivity contribution in [3.63, 3.8) is 0 Å². The number of benzene rings is 1. The standard InChI is InChI=1S/C19H21N5O/c20-16-10-11-24(13-16)18-9-7-15(12-21-18)19-22-17(23-25-19)8-6-14-4-2-1-3-5-14/h1-5,7,9,12,16H,6,8,10-11,13,20H2/t16-/m1/s1. The Morgan fingerprint density at radius 2 is 2.00 bits per heavy atom. The van der Waals surface area contributed by atoms with Crippen molar-refractivity contribution in [2.45, 2.75) is 25.3 Å². The van der Waals surface area contributed by atoms with E-state index in [0.717, 1.165) is 43.7 Å². The molecule has 1 aromatic carbocycles. The van der Waals surface area contributed by atoms with Crippen molar-refractivity contribution in [3.8, 4) is 11.5 Å². The van der Waals surface area contributed by atoms with Crippen LogP contribution in [0.25, 0.3) is 11.5 Å². The number of aryl methyl sites for hydroxylation is 2. The molecule has 0 unspecified atom stereocenters. The minimum atomic E-state index is 0.240. The summed E-state index contributed by atoms with van der Waals surface area (Å²) in [6.45, 7) is 1.81. The highest BCUT2D eigenvalue weighted by atomic mass is 16.5. The van der Waals surface area contributed by atoms with Gasteiger partial charge < -0.3 is 15.2 Å². The van der Waals surface area contributed by atoms with Crippen LogP contribution >= 0.6 is 0 Å². The summed E-state index contributed by atoms with van der Waals surface area (Å²) < 4.78 is 5.39. The maximum absolute atomic E-state index is 5.95. The minimum absolute atomic E-state index is 0.240. The number of anilines is 1. The number of hydrogen-bond donors (Lipinski definition) is 1. The average molecular weight is 335 g/mol. The van der Waals surface area contributed by atoms with E-state index in [-0.39, 0.29) is 6.04 Å². The summed E-state index contributed by atoms with van der Waals surface area (Å²) in [6, 6.07) is 14.5. The zero-order valence-electron chi connectivity index (χ0n) is 14.0. The molecule has 3 heterocycles. The predicted octanol–water partition coefficient (Wildman–Crippen LogP) is 2.45. The molecule has 0 spiro atoms. The van der Waals surface area contributed by atoms with E-state index >= 15 is 0 Å². The van der Waals surface area contributed by atoms with Crippen LogP contribution in [0.4, 0.5) is 5.82 Å². The second-order valence-electron chi connectivity index (χ2n) is 6.40. The molecule has 3 aromatic rings. The number of nitrogens with zero attached hydrogens (tertiary/aromatic N) is 4. The molecule has 0 aliphatic carbocycles. The van der Waals surface area contributed by atoms with Gasteiger partial charge in [-0.05, 0) is 30.5 Å². The molecule has 2 N–H and O–H groups in total. The van der Waals surface area contributed by atoms with Crippen LogP contribution in [0.2, 0.25) is 0 Å². The summed E-state index contributed by atoms with van der Waals surface area (Å²) in [4.78, 5) is 11.2. The third-order valence-corrected chi connectivity index (χ3v) is 4.49. The highest BCUT2D eigenvalue weighted by Gasteiger charge is 2.20.